The summed E-state index contributed by atoms with van der Waals surface area (Å²) in [4.78, 5) is 10.3. The number of aliphatic hydroxyl groups is 1. The van der Waals surface area contributed by atoms with E-state index in [1.807, 2.05) is 0 Å². The Morgan fingerprint density at radius 3 is 1.22 bits per heavy atom. The molecule has 0 bridgehead atoms. The number of likely N-dealkylation sites (N-methyl/N-ethyl adjacent to an activating group) is 1. The molecule has 0 aliphatic heterocycles. The van der Waals surface area contributed by atoms with Gasteiger partial charge in [-0.25, -0.2) is 0 Å². The van der Waals surface area contributed by atoms with Gasteiger partial charge in [-0.2, -0.15) is 0 Å². The molecule has 0 aromatic heterocycles. The third kappa shape index (κ3) is 33.4. The Bertz CT molecular complexity index is 300. The summed E-state index contributed by atoms with van der Waals surface area (Å²) in [5.74, 6) is -0.653. The minimum absolute atomic E-state index is 0.281. The molecule has 0 aliphatic carbocycles. The average molecular weight is 389 g/mol. The summed E-state index contributed by atoms with van der Waals surface area (Å²) in [6, 6.07) is 0. The molecule has 0 spiro atoms. The first kappa shape index (κ1) is 28.6. The van der Waals surface area contributed by atoms with E-state index < -0.39 is 5.97 Å². The minimum Gasteiger partial charge on any atom is -0.481 e. The lowest BCUT2D eigenvalue weighted by molar-refractivity contribution is -0.870. The van der Waals surface area contributed by atoms with Crippen molar-refractivity contribution >= 4 is 5.97 Å². The van der Waals surface area contributed by atoms with Gasteiger partial charge in [0, 0.05) is 6.42 Å². The number of hydrogen-bond acceptors (Lipinski definition) is 2. The fourth-order valence-corrected chi connectivity index (χ4v) is 2.95. The van der Waals surface area contributed by atoms with Gasteiger partial charge in [0.25, 0.3) is 0 Å². The van der Waals surface area contributed by atoms with Gasteiger partial charge >= 0.3 is 5.97 Å². The van der Waals surface area contributed by atoms with Crippen LogP contribution in [0, 0.1) is 0 Å². The minimum atomic E-state index is -0.653. The molecule has 0 radical (unpaired) electrons. The molecule has 0 amide bonds. The lowest BCUT2D eigenvalue weighted by Gasteiger charge is -2.21. The lowest BCUT2D eigenvalue weighted by Crippen LogP contribution is -2.36. The lowest BCUT2D eigenvalue weighted by atomic mass is 10.0. The van der Waals surface area contributed by atoms with Crippen LogP contribution in [0.2, 0.25) is 0 Å². The molecule has 0 atom stereocenters. The third-order valence-electron chi connectivity index (χ3n) is 4.77. The van der Waals surface area contributed by atoms with Gasteiger partial charge < -0.3 is 14.7 Å². The number of hydrogen-bond donors (Lipinski definition) is 2. The molecule has 0 fully saturated rings. The molecule has 2 N–H and O–H groups in total. The van der Waals surface area contributed by atoms with Crippen molar-refractivity contribution in [3.8, 4) is 0 Å². The fraction of sp³-hybridized carbons (Fsp3) is 0.957. The number of nitrogens with zero attached hydrogens (tertiary/aromatic N) is 1. The Kier molecular flexibility index (Phi) is 23.0. The van der Waals surface area contributed by atoms with Gasteiger partial charge in [0.2, 0.25) is 0 Å². The Balaban J connectivity index is 0. The molecule has 4 nitrogen and oxygen atoms in total. The molecule has 4 heteroatoms. The Morgan fingerprint density at radius 1 is 0.667 bits per heavy atom. The second kappa shape index (κ2) is 21.7. The van der Waals surface area contributed by atoms with E-state index in [0.717, 1.165) is 23.9 Å². The molecule has 0 saturated carbocycles. The first-order chi connectivity index (χ1) is 12.8. The van der Waals surface area contributed by atoms with Crippen molar-refractivity contribution in [1.82, 2.24) is 0 Å². The van der Waals surface area contributed by atoms with Crippen molar-refractivity contribution in [3.05, 3.63) is 0 Å². The highest BCUT2D eigenvalue weighted by atomic mass is 16.4. The van der Waals surface area contributed by atoms with E-state index in [9.17, 15) is 4.79 Å². The first-order valence-corrected chi connectivity index (χ1v) is 11.5. The summed E-state index contributed by atoms with van der Waals surface area (Å²) in [5.41, 5.74) is 0. The van der Waals surface area contributed by atoms with Gasteiger partial charge in [0.1, 0.15) is 6.54 Å². The zero-order valence-corrected chi connectivity index (χ0v) is 19.0. The maximum absolute atomic E-state index is 10.3. The van der Waals surface area contributed by atoms with Gasteiger partial charge in [0.15, 0.2) is 0 Å². The van der Waals surface area contributed by atoms with E-state index in [0.29, 0.717) is 6.42 Å². The molecule has 0 saturated heterocycles. The molecule has 0 aliphatic rings. The van der Waals surface area contributed by atoms with Crippen molar-refractivity contribution in [2.45, 2.75) is 110 Å². The number of aliphatic hydroxyl groups excluding tert-OH is 1. The number of carboxylic acid groups (broad SMARTS) is 1. The normalized spacial score (nSPS) is 11.1. The van der Waals surface area contributed by atoms with Gasteiger partial charge in [-0.05, 0) is 6.42 Å². The van der Waals surface area contributed by atoms with Crippen LogP contribution >= 0.6 is 0 Å². The van der Waals surface area contributed by atoms with Gasteiger partial charge in [-0.3, -0.25) is 4.79 Å². The van der Waals surface area contributed by atoms with Gasteiger partial charge in [-0.15, -0.1) is 0 Å². The number of aliphatic carboxylic acids is 1. The fourth-order valence-electron chi connectivity index (χ4n) is 2.95. The van der Waals surface area contributed by atoms with Gasteiger partial charge in [-0.1, -0.05) is 96.8 Å². The molecule has 0 rings (SSSR count). The Labute approximate surface area is 169 Å². The van der Waals surface area contributed by atoms with Crippen molar-refractivity contribution in [2.75, 3.05) is 34.3 Å². The van der Waals surface area contributed by atoms with E-state index in [-0.39, 0.29) is 6.61 Å². The van der Waals surface area contributed by atoms with Crippen LogP contribution in [0.15, 0.2) is 0 Å². The van der Waals surface area contributed by atoms with Crippen LogP contribution in [-0.2, 0) is 4.79 Å². The van der Waals surface area contributed by atoms with E-state index in [2.05, 4.69) is 28.1 Å². The largest absolute Gasteiger partial charge is 0.481 e. The van der Waals surface area contributed by atoms with Crippen molar-refractivity contribution in [2.24, 2.45) is 0 Å². The molecule has 164 valence electrons. The Morgan fingerprint density at radius 2 is 1.00 bits per heavy atom. The van der Waals surface area contributed by atoms with Crippen LogP contribution in [-0.4, -0.2) is 55.0 Å². The summed E-state index contributed by atoms with van der Waals surface area (Å²) >= 11 is 0. The topological polar surface area (TPSA) is 57.5 Å². The van der Waals surface area contributed by atoms with Crippen molar-refractivity contribution in [1.29, 1.82) is 0 Å². The third-order valence-corrected chi connectivity index (χ3v) is 4.77. The second-order valence-electron chi connectivity index (χ2n) is 8.83. The summed E-state index contributed by atoms with van der Waals surface area (Å²) in [7, 11) is 6.16. The van der Waals surface area contributed by atoms with Crippen LogP contribution in [0.25, 0.3) is 0 Å². The molecular weight excluding hydrogens is 338 g/mol. The van der Waals surface area contributed by atoms with E-state index in [4.69, 9.17) is 10.2 Å². The molecule has 0 heterocycles. The first-order valence-electron chi connectivity index (χ1n) is 11.5. The molecule has 27 heavy (non-hydrogen) atoms. The van der Waals surface area contributed by atoms with Crippen LogP contribution < -0.4 is 0 Å². The predicted octanol–water partition coefficient (Wildman–Crippen LogP) is 6.02. The number of carboxylic acids is 1. The monoisotopic (exact) mass is 388 g/mol. The zero-order valence-electron chi connectivity index (χ0n) is 19.0. The highest BCUT2D eigenvalue weighted by Crippen LogP contribution is 2.13. The van der Waals surface area contributed by atoms with Crippen molar-refractivity contribution < 1.29 is 19.5 Å². The Hall–Kier alpha value is -0.610. The standard InChI is InChI=1S/C18H36O2.C5H14NO/c1-2-3-4-5-6-7-8-9-10-11-12-13-14-15-16-17-18(19)20;1-6(2,3)4-5-7/h2-17H2,1H3,(H,19,20);7H,4-5H2,1-3H3/q;+1. The summed E-state index contributed by atoms with van der Waals surface area (Å²) in [5, 5.41) is 16.9. The smallest absolute Gasteiger partial charge is 0.303 e. The highest BCUT2D eigenvalue weighted by molar-refractivity contribution is 5.66. The number of unbranched alkanes of at least 4 members (excludes halogenated alkanes) is 14. The van der Waals surface area contributed by atoms with Crippen molar-refractivity contribution in [3.63, 3.8) is 0 Å². The van der Waals surface area contributed by atoms with E-state index in [1.54, 1.807) is 0 Å². The van der Waals surface area contributed by atoms with E-state index in [1.165, 1.54) is 83.5 Å². The maximum Gasteiger partial charge on any atom is 0.303 e. The number of rotatable bonds is 18. The predicted molar refractivity (Wildman–Crippen MR) is 117 cm³/mol. The molecule has 0 aromatic rings. The maximum atomic E-state index is 10.3. The van der Waals surface area contributed by atoms with Crippen LogP contribution in [0.3, 0.4) is 0 Å². The van der Waals surface area contributed by atoms with E-state index >= 15 is 0 Å². The SMILES string of the molecule is CCCCCCCCCCCCCCCCCC(=O)O.C[N+](C)(C)CCO. The summed E-state index contributed by atoms with van der Waals surface area (Å²) < 4.78 is 0.844. The summed E-state index contributed by atoms with van der Waals surface area (Å²) in [6.45, 7) is 3.38. The summed E-state index contributed by atoms with van der Waals surface area (Å²) in [6.07, 6.45) is 20.2. The molecular formula is C23H50NO3+. The molecule has 0 unspecified atom stereocenters. The second-order valence-corrected chi connectivity index (χ2v) is 8.83. The number of carbonyl (C=O) groups is 1. The number of quaternary nitrogens is 1. The van der Waals surface area contributed by atoms with Gasteiger partial charge in [0.05, 0.1) is 27.7 Å². The average Bonchev–Trinajstić information content (AvgIpc) is 2.57. The van der Waals surface area contributed by atoms with Crippen LogP contribution in [0.5, 0.6) is 0 Å². The van der Waals surface area contributed by atoms with Crippen LogP contribution in [0.4, 0.5) is 0 Å². The zero-order chi connectivity index (χ0) is 20.8. The van der Waals surface area contributed by atoms with Crippen LogP contribution in [0.1, 0.15) is 110 Å². The molecule has 0 aromatic carbocycles. The highest BCUT2D eigenvalue weighted by Gasteiger charge is 2.02. The quantitative estimate of drug-likeness (QED) is 0.223.